The van der Waals surface area contributed by atoms with E-state index in [1.54, 1.807) is 28.8 Å². The van der Waals surface area contributed by atoms with E-state index >= 15 is 0 Å². The Hall–Kier alpha value is -4.19. The van der Waals surface area contributed by atoms with Crippen molar-refractivity contribution in [1.82, 2.24) is 19.2 Å². The van der Waals surface area contributed by atoms with E-state index in [0.29, 0.717) is 16.7 Å². The van der Waals surface area contributed by atoms with Crippen molar-refractivity contribution in [3.8, 4) is 11.8 Å². The summed E-state index contributed by atoms with van der Waals surface area (Å²) in [5.74, 6) is -1.44. The number of nitrogens with one attached hydrogen (secondary N) is 1. The van der Waals surface area contributed by atoms with Gasteiger partial charge in [0, 0.05) is 17.3 Å². The number of hydrogen-bond acceptors (Lipinski definition) is 5. The van der Waals surface area contributed by atoms with E-state index in [1.807, 2.05) is 0 Å². The first-order chi connectivity index (χ1) is 13.6. The van der Waals surface area contributed by atoms with Gasteiger partial charge in [0.2, 0.25) is 0 Å². The summed E-state index contributed by atoms with van der Waals surface area (Å²) in [6.45, 7) is 0. The molecule has 0 saturated heterocycles. The second-order valence-corrected chi connectivity index (χ2v) is 5.79. The van der Waals surface area contributed by atoms with Crippen LogP contribution >= 0.6 is 0 Å². The van der Waals surface area contributed by atoms with Gasteiger partial charge < -0.3 is 0 Å². The molecule has 2 heterocycles. The van der Waals surface area contributed by atoms with Crippen LogP contribution in [0, 0.1) is 28.4 Å². The largest absolute Gasteiger partial charge is 0.283 e. The van der Waals surface area contributed by atoms with Gasteiger partial charge in [0.25, 0.3) is 0 Å². The first kappa shape index (κ1) is 17.2. The zero-order valence-corrected chi connectivity index (χ0v) is 14.2. The highest BCUT2D eigenvalue weighted by Gasteiger charge is 2.10. The number of fused-ring (bicyclic) bond motifs is 1. The number of nitrogens with zero attached hydrogens (tertiary/aromatic N) is 6. The molecule has 9 heteroatoms. The molecule has 1 N–H and O–H groups in total. The fourth-order valence-corrected chi connectivity index (χ4v) is 2.61. The van der Waals surface area contributed by atoms with Gasteiger partial charge in [-0.2, -0.15) is 10.4 Å². The molecule has 0 fully saturated rings. The average molecular weight is 375 g/mol. The van der Waals surface area contributed by atoms with Crippen LogP contribution in [0.25, 0.3) is 16.9 Å². The van der Waals surface area contributed by atoms with Crippen molar-refractivity contribution in [3.63, 3.8) is 0 Å². The number of halogens is 2. The topological polar surface area (TPSA) is 95.6 Å². The van der Waals surface area contributed by atoms with Gasteiger partial charge in [0.15, 0.2) is 16.7 Å². The minimum Gasteiger partial charge on any atom is -0.283 e. The third kappa shape index (κ3) is 3.03. The molecule has 0 amide bonds. The number of hydrogen-bond donors (Lipinski definition) is 1. The van der Waals surface area contributed by atoms with Gasteiger partial charge >= 0.3 is 0 Å². The molecule has 28 heavy (non-hydrogen) atoms. The molecule has 0 unspecified atom stereocenters. The molecule has 0 bridgehead atoms. The lowest BCUT2D eigenvalue weighted by Gasteiger charge is -2.04. The van der Waals surface area contributed by atoms with E-state index in [4.69, 9.17) is 10.7 Å². The van der Waals surface area contributed by atoms with Crippen molar-refractivity contribution in [3.05, 3.63) is 83.4 Å². The SMILES string of the molecule is N#Cc1ccc(-n2cnc3c(=N)n(N=Cc4ccc(F)cc4F)cnc32)cc1. The minimum absolute atomic E-state index is 0.0452. The van der Waals surface area contributed by atoms with Crippen molar-refractivity contribution < 1.29 is 8.78 Å². The number of nitriles is 1. The molecule has 0 aliphatic carbocycles. The van der Waals surface area contributed by atoms with Crippen LogP contribution in [0.15, 0.2) is 60.2 Å². The molecule has 0 spiro atoms. The predicted octanol–water partition coefficient (Wildman–Crippen LogP) is 2.73. The summed E-state index contributed by atoms with van der Waals surface area (Å²) in [6.07, 6.45) is 4.01. The Balaban J connectivity index is 1.73. The standard InChI is InChI=1S/C19H11F2N7/c20-14-4-3-13(16(21)7-14)9-26-28-11-25-19-17(18(28)23)24-10-27(19)15-5-1-12(8-22)2-6-15/h1-7,9-11,23H. The van der Waals surface area contributed by atoms with Crippen molar-refractivity contribution in [2.24, 2.45) is 5.10 Å². The molecule has 0 aliphatic heterocycles. The monoisotopic (exact) mass is 375 g/mol. The summed E-state index contributed by atoms with van der Waals surface area (Å²) in [4.78, 5) is 8.49. The van der Waals surface area contributed by atoms with Gasteiger partial charge in [-0.25, -0.2) is 23.4 Å². The number of imidazole rings is 1. The van der Waals surface area contributed by atoms with Gasteiger partial charge in [0.1, 0.15) is 24.3 Å². The third-order valence-corrected chi connectivity index (χ3v) is 4.04. The van der Waals surface area contributed by atoms with Crippen LogP contribution in [0.1, 0.15) is 11.1 Å². The van der Waals surface area contributed by atoms with E-state index in [9.17, 15) is 8.78 Å². The fraction of sp³-hybridized carbons (Fsp3) is 0. The number of aromatic nitrogens is 4. The van der Waals surface area contributed by atoms with E-state index in [0.717, 1.165) is 22.5 Å². The smallest absolute Gasteiger partial charge is 0.177 e. The third-order valence-electron chi connectivity index (χ3n) is 4.04. The Kier molecular flexibility index (Phi) is 4.21. The number of rotatable bonds is 3. The summed E-state index contributed by atoms with van der Waals surface area (Å²) < 4.78 is 29.5. The van der Waals surface area contributed by atoms with Crippen molar-refractivity contribution in [1.29, 1.82) is 10.7 Å². The zero-order chi connectivity index (χ0) is 19.7. The fourth-order valence-electron chi connectivity index (χ4n) is 2.61. The molecule has 0 saturated carbocycles. The van der Waals surface area contributed by atoms with Gasteiger partial charge in [-0.15, -0.1) is 0 Å². The summed E-state index contributed by atoms with van der Waals surface area (Å²) in [7, 11) is 0. The van der Waals surface area contributed by atoms with Crippen LogP contribution in [0.2, 0.25) is 0 Å². The maximum absolute atomic E-state index is 13.7. The summed E-state index contributed by atoms with van der Waals surface area (Å²) in [6, 6.07) is 12.0. The van der Waals surface area contributed by atoms with Gasteiger partial charge in [-0.05, 0) is 36.4 Å². The Morgan fingerprint density at radius 2 is 1.86 bits per heavy atom. The van der Waals surface area contributed by atoms with Crippen LogP contribution in [-0.4, -0.2) is 25.4 Å². The number of benzene rings is 2. The average Bonchev–Trinajstić information content (AvgIpc) is 3.13. The van der Waals surface area contributed by atoms with Gasteiger partial charge in [0.05, 0.1) is 17.8 Å². The van der Waals surface area contributed by atoms with Gasteiger partial charge in [-0.3, -0.25) is 9.98 Å². The normalized spacial score (nSPS) is 11.2. The summed E-state index contributed by atoms with van der Waals surface area (Å²) in [5.41, 5.74) is 2.04. The quantitative estimate of drug-likeness (QED) is 0.558. The molecule has 2 aromatic heterocycles. The zero-order valence-electron chi connectivity index (χ0n) is 14.2. The molecule has 4 rings (SSSR count). The van der Waals surface area contributed by atoms with Crippen LogP contribution in [-0.2, 0) is 0 Å². The first-order valence-corrected chi connectivity index (χ1v) is 8.06. The maximum Gasteiger partial charge on any atom is 0.177 e. The van der Waals surface area contributed by atoms with Crippen LogP contribution < -0.4 is 5.49 Å². The second kappa shape index (κ2) is 6.85. The molecule has 0 atom stereocenters. The second-order valence-electron chi connectivity index (χ2n) is 5.79. The highest BCUT2D eigenvalue weighted by atomic mass is 19.1. The highest BCUT2D eigenvalue weighted by Crippen LogP contribution is 2.14. The van der Waals surface area contributed by atoms with E-state index in [2.05, 4.69) is 21.1 Å². The van der Waals surface area contributed by atoms with E-state index in [-0.39, 0.29) is 11.1 Å². The Morgan fingerprint density at radius 1 is 1.07 bits per heavy atom. The molecular weight excluding hydrogens is 364 g/mol. The predicted molar refractivity (Wildman–Crippen MR) is 96.8 cm³/mol. The highest BCUT2D eigenvalue weighted by molar-refractivity contribution is 5.80. The minimum atomic E-state index is -0.755. The van der Waals surface area contributed by atoms with Gasteiger partial charge in [-0.1, -0.05) is 0 Å². The van der Waals surface area contributed by atoms with Crippen LogP contribution in [0.5, 0.6) is 0 Å². The molecular formula is C19H11F2N7. The van der Waals surface area contributed by atoms with E-state index in [1.165, 1.54) is 24.9 Å². The lowest BCUT2D eigenvalue weighted by atomic mass is 10.2. The first-order valence-electron chi connectivity index (χ1n) is 8.06. The summed E-state index contributed by atoms with van der Waals surface area (Å²) in [5, 5.41) is 21.2. The van der Waals surface area contributed by atoms with Crippen molar-refractivity contribution in [2.75, 3.05) is 0 Å². The molecule has 4 aromatic rings. The maximum atomic E-state index is 13.7. The molecule has 0 radical (unpaired) electrons. The Labute approximate surface area is 157 Å². The molecule has 0 aliphatic rings. The van der Waals surface area contributed by atoms with Crippen molar-refractivity contribution in [2.45, 2.75) is 0 Å². The molecule has 7 nitrogen and oxygen atoms in total. The lowest BCUT2D eigenvalue weighted by Crippen LogP contribution is -2.18. The molecule has 136 valence electrons. The Morgan fingerprint density at radius 3 is 2.57 bits per heavy atom. The van der Waals surface area contributed by atoms with E-state index < -0.39 is 11.6 Å². The van der Waals surface area contributed by atoms with Crippen LogP contribution in [0.3, 0.4) is 0 Å². The summed E-state index contributed by atoms with van der Waals surface area (Å²) >= 11 is 0. The Bertz CT molecular complexity index is 1310. The lowest BCUT2D eigenvalue weighted by molar-refractivity contribution is 0.582. The molecule has 2 aromatic carbocycles. The van der Waals surface area contributed by atoms with Crippen LogP contribution in [0.4, 0.5) is 8.78 Å². The van der Waals surface area contributed by atoms with Crippen molar-refractivity contribution >= 4 is 17.4 Å².